The molecule has 7 heteroatoms. The highest BCUT2D eigenvalue weighted by Crippen LogP contribution is 2.23. The molecule has 1 amide bonds. The molecule has 27 heavy (non-hydrogen) atoms. The Bertz CT molecular complexity index is 916. The lowest BCUT2D eigenvalue weighted by molar-refractivity contribution is -0.703. The smallest absolute Gasteiger partial charge is 0.282 e. The number of nitrogens with two attached hydrogens (primary N) is 1. The number of nitrogens with one attached hydrogen (secondary N) is 1. The Morgan fingerprint density at radius 1 is 1.00 bits per heavy atom. The standard InChI is InChI=1S/C20H17F3N2OS/c1-12(20(26)25-15-10-9-14(21)17(22)18(15)23)24-19(16-8-5-11-27-16)13-6-3-2-4-7-13/h2-12,19,24H,1H3,(H,25,26)/p+1/t12-,19-/m0/s1. The number of rotatable bonds is 6. The predicted molar refractivity (Wildman–Crippen MR) is 98.9 cm³/mol. The van der Waals surface area contributed by atoms with Crippen molar-refractivity contribution in [2.24, 2.45) is 0 Å². The van der Waals surface area contributed by atoms with E-state index in [2.05, 4.69) is 5.32 Å². The van der Waals surface area contributed by atoms with E-state index in [1.807, 2.05) is 53.2 Å². The molecule has 0 aliphatic carbocycles. The Balaban J connectivity index is 1.77. The molecule has 2 atom stereocenters. The number of amides is 1. The van der Waals surface area contributed by atoms with Crippen LogP contribution in [0.5, 0.6) is 0 Å². The van der Waals surface area contributed by atoms with Gasteiger partial charge in [-0.1, -0.05) is 36.4 Å². The highest BCUT2D eigenvalue weighted by Gasteiger charge is 2.26. The zero-order valence-corrected chi connectivity index (χ0v) is 15.3. The summed E-state index contributed by atoms with van der Waals surface area (Å²) in [7, 11) is 0. The van der Waals surface area contributed by atoms with E-state index in [4.69, 9.17) is 0 Å². The third kappa shape index (κ3) is 4.37. The number of carbonyl (C=O) groups is 1. The van der Waals surface area contributed by atoms with E-state index in [1.165, 1.54) is 0 Å². The summed E-state index contributed by atoms with van der Waals surface area (Å²) in [5.74, 6) is -4.82. The largest absolute Gasteiger partial charge is 0.326 e. The quantitative estimate of drug-likeness (QED) is 0.616. The number of quaternary nitrogens is 1. The summed E-state index contributed by atoms with van der Waals surface area (Å²) in [6.45, 7) is 1.68. The van der Waals surface area contributed by atoms with Crippen LogP contribution in [-0.2, 0) is 4.79 Å². The van der Waals surface area contributed by atoms with Crippen molar-refractivity contribution in [1.29, 1.82) is 0 Å². The Hall–Kier alpha value is -2.64. The van der Waals surface area contributed by atoms with Crippen LogP contribution >= 0.6 is 11.3 Å². The molecule has 0 saturated carbocycles. The van der Waals surface area contributed by atoms with Gasteiger partial charge < -0.3 is 10.6 Å². The Labute approximate surface area is 158 Å². The van der Waals surface area contributed by atoms with Crippen molar-refractivity contribution in [2.45, 2.75) is 19.0 Å². The second-order valence-corrected chi connectivity index (χ2v) is 7.08. The summed E-state index contributed by atoms with van der Waals surface area (Å²) >= 11 is 1.58. The van der Waals surface area contributed by atoms with Gasteiger partial charge in [0.25, 0.3) is 5.91 Å². The minimum atomic E-state index is -1.61. The molecule has 1 aromatic heterocycles. The van der Waals surface area contributed by atoms with Crippen molar-refractivity contribution in [3.8, 4) is 0 Å². The number of anilines is 1. The average Bonchev–Trinajstić information content (AvgIpc) is 3.21. The molecule has 2 aromatic carbocycles. The van der Waals surface area contributed by atoms with Crippen LogP contribution in [0.1, 0.15) is 23.4 Å². The SMILES string of the molecule is C[C@H]([NH2+][C@@H](c1ccccc1)c1cccs1)C(=O)Nc1ccc(F)c(F)c1F. The predicted octanol–water partition coefficient (Wildman–Crippen LogP) is 3.85. The van der Waals surface area contributed by atoms with Crippen molar-refractivity contribution in [1.82, 2.24) is 0 Å². The fraction of sp³-hybridized carbons (Fsp3) is 0.150. The molecule has 1 heterocycles. The van der Waals surface area contributed by atoms with Crippen molar-refractivity contribution in [2.75, 3.05) is 5.32 Å². The van der Waals surface area contributed by atoms with Gasteiger partial charge in [-0.25, -0.2) is 13.2 Å². The third-order valence-corrected chi connectivity index (χ3v) is 5.15. The molecule has 0 aliphatic heterocycles. The molecule has 0 saturated heterocycles. The maximum atomic E-state index is 13.8. The normalized spacial score (nSPS) is 13.2. The first kappa shape index (κ1) is 19.1. The van der Waals surface area contributed by atoms with Gasteiger partial charge in [-0.05, 0) is 30.5 Å². The van der Waals surface area contributed by atoms with Crippen LogP contribution < -0.4 is 10.6 Å². The lowest BCUT2D eigenvalue weighted by atomic mass is 10.0. The molecule has 0 spiro atoms. The molecule has 0 bridgehead atoms. The number of halogens is 3. The van der Waals surface area contributed by atoms with Crippen LogP contribution in [0.25, 0.3) is 0 Å². The second kappa shape index (κ2) is 8.37. The fourth-order valence-corrected chi connectivity index (χ4v) is 3.58. The highest BCUT2D eigenvalue weighted by molar-refractivity contribution is 7.10. The molecule has 3 N–H and O–H groups in total. The number of carbonyl (C=O) groups excluding carboxylic acids is 1. The van der Waals surface area contributed by atoms with Crippen molar-refractivity contribution < 1.29 is 23.3 Å². The monoisotopic (exact) mass is 391 g/mol. The van der Waals surface area contributed by atoms with Crippen LogP contribution in [-0.4, -0.2) is 11.9 Å². The van der Waals surface area contributed by atoms with E-state index in [-0.39, 0.29) is 11.7 Å². The molecule has 0 fully saturated rings. The Morgan fingerprint density at radius 3 is 2.41 bits per heavy atom. The zero-order chi connectivity index (χ0) is 19.4. The molecule has 3 nitrogen and oxygen atoms in total. The Kier molecular flexibility index (Phi) is 5.93. The van der Waals surface area contributed by atoms with Crippen LogP contribution in [0.2, 0.25) is 0 Å². The van der Waals surface area contributed by atoms with Crippen LogP contribution in [0.4, 0.5) is 18.9 Å². The first-order valence-corrected chi connectivity index (χ1v) is 9.23. The lowest BCUT2D eigenvalue weighted by Gasteiger charge is -2.19. The second-order valence-electron chi connectivity index (χ2n) is 6.10. The Morgan fingerprint density at radius 2 is 1.74 bits per heavy atom. The van der Waals surface area contributed by atoms with E-state index in [1.54, 1.807) is 18.3 Å². The summed E-state index contributed by atoms with van der Waals surface area (Å²) < 4.78 is 40.2. The first-order valence-electron chi connectivity index (χ1n) is 8.35. The van der Waals surface area contributed by atoms with Gasteiger partial charge in [0.2, 0.25) is 0 Å². The van der Waals surface area contributed by atoms with Gasteiger partial charge in [0.05, 0.1) is 10.6 Å². The number of benzene rings is 2. The number of hydrogen-bond donors (Lipinski definition) is 2. The van der Waals surface area contributed by atoms with Gasteiger partial charge in [0.15, 0.2) is 23.5 Å². The molecule has 0 aliphatic rings. The van der Waals surface area contributed by atoms with E-state index in [0.29, 0.717) is 0 Å². The van der Waals surface area contributed by atoms with E-state index >= 15 is 0 Å². The lowest BCUT2D eigenvalue weighted by Crippen LogP contribution is -2.92. The summed E-state index contributed by atoms with van der Waals surface area (Å²) in [5.41, 5.74) is 0.644. The van der Waals surface area contributed by atoms with Crippen LogP contribution in [0.3, 0.4) is 0 Å². The zero-order valence-electron chi connectivity index (χ0n) is 14.5. The summed E-state index contributed by atoms with van der Waals surface area (Å²) in [6.07, 6.45) is 0. The van der Waals surface area contributed by atoms with Crippen LogP contribution in [0.15, 0.2) is 60.0 Å². The van der Waals surface area contributed by atoms with E-state index in [9.17, 15) is 18.0 Å². The molecular weight excluding hydrogens is 373 g/mol. The number of hydrogen-bond acceptors (Lipinski definition) is 2. The topological polar surface area (TPSA) is 45.7 Å². The van der Waals surface area contributed by atoms with Gasteiger partial charge >= 0.3 is 0 Å². The fourth-order valence-electron chi connectivity index (χ4n) is 2.74. The molecular formula is C20H18F3N2OS+. The third-order valence-electron chi connectivity index (χ3n) is 4.20. The minimum absolute atomic E-state index is 0.109. The summed E-state index contributed by atoms with van der Waals surface area (Å²) in [4.78, 5) is 13.5. The highest BCUT2D eigenvalue weighted by atomic mass is 32.1. The maximum Gasteiger partial charge on any atom is 0.282 e. The first-order chi connectivity index (χ1) is 13.0. The summed E-state index contributed by atoms with van der Waals surface area (Å²) in [6, 6.07) is 14.7. The average molecular weight is 391 g/mol. The number of thiophene rings is 1. The van der Waals surface area contributed by atoms with Gasteiger partial charge in [-0.3, -0.25) is 4.79 Å². The molecule has 3 rings (SSSR count). The maximum absolute atomic E-state index is 13.8. The van der Waals surface area contributed by atoms with Gasteiger partial charge in [-0.15, -0.1) is 11.3 Å². The van der Waals surface area contributed by atoms with Crippen molar-refractivity contribution in [3.63, 3.8) is 0 Å². The van der Waals surface area contributed by atoms with Gasteiger partial charge in [0.1, 0.15) is 6.04 Å². The van der Waals surface area contributed by atoms with E-state index in [0.717, 1.165) is 22.6 Å². The van der Waals surface area contributed by atoms with Crippen LogP contribution in [0, 0.1) is 17.5 Å². The minimum Gasteiger partial charge on any atom is -0.326 e. The molecule has 0 unspecified atom stereocenters. The van der Waals surface area contributed by atoms with Crippen molar-refractivity contribution >= 4 is 22.9 Å². The van der Waals surface area contributed by atoms with Gasteiger partial charge in [-0.2, -0.15) is 0 Å². The van der Waals surface area contributed by atoms with Gasteiger partial charge in [0, 0.05) is 5.56 Å². The van der Waals surface area contributed by atoms with Crippen molar-refractivity contribution in [3.05, 3.63) is 87.9 Å². The van der Waals surface area contributed by atoms with E-state index < -0.39 is 29.4 Å². The summed E-state index contributed by atoms with van der Waals surface area (Å²) in [5, 5.41) is 6.15. The molecule has 140 valence electrons. The molecule has 3 aromatic rings. The molecule has 0 radical (unpaired) electrons.